The van der Waals surface area contributed by atoms with Crippen molar-refractivity contribution in [2.24, 2.45) is 10.9 Å². The topological polar surface area (TPSA) is 64.7 Å². The van der Waals surface area contributed by atoms with E-state index in [4.69, 9.17) is 10.5 Å². The fraction of sp³-hybridized carbons (Fsp3) is 1.00. The molecule has 1 fully saturated rings. The summed E-state index contributed by atoms with van der Waals surface area (Å²) in [5.74, 6) is 0. The van der Waals surface area contributed by atoms with Gasteiger partial charge in [0, 0.05) is 32.6 Å². The summed E-state index contributed by atoms with van der Waals surface area (Å²) in [6.45, 7) is 1.58. The highest BCUT2D eigenvalue weighted by Crippen LogP contribution is 2.22. The number of hydrogen-bond acceptors (Lipinski definition) is 4. The fourth-order valence-corrected chi connectivity index (χ4v) is 1.08. The Bertz CT molecular complexity index is 121. The van der Waals surface area contributed by atoms with Gasteiger partial charge in [0.25, 0.3) is 0 Å². The summed E-state index contributed by atoms with van der Waals surface area (Å²) in [4.78, 5) is 10.3. The Kier molecular flexibility index (Phi) is 2.34. The van der Waals surface area contributed by atoms with E-state index in [-0.39, 0.29) is 0 Å². The first-order valence-corrected chi connectivity index (χ1v) is 3.45. The van der Waals surface area contributed by atoms with Crippen LogP contribution in [0.3, 0.4) is 0 Å². The van der Waals surface area contributed by atoms with Gasteiger partial charge in [0.15, 0.2) is 0 Å². The quantitative estimate of drug-likeness (QED) is 0.565. The van der Waals surface area contributed by atoms with Crippen molar-refractivity contribution in [3.8, 4) is 0 Å². The van der Waals surface area contributed by atoms with E-state index in [1.807, 2.05) is 0 Å². The molecule has 0 saturated carbocycles. The van der Waals surface area contributed by atoms with E-state index in [9.17, 15) is 4.91 Å². The molecule has 0 bridgehead atoms. The summed E-state index contributed by atoms with van der Waals surface area (Å²) in [6.07, 6.45) is 1.35. The highest BCUT2D eigenvalue weighted by atomic mass is 16.5. The molecule has 0 spiro atoms. The van der Waals surface area contributed by atoms with E-state index in [2.05, 4.69) is 5.18 Å². The van der Waals surface area contributed by atoms with E-state index in [1.54, 1.807) is 0 Å². The maximum atomic E-state index is 10.3. The first kappa shape index (κ1) is 7.63. The zero-order valence-corrected chi connectivity index (χ0v) is 5.88. The minimum atomic E-state index is -0.516. The van der Waals surface area contributed by atoms with Gasteiger partial charge in [0.05, 0.1) is 0 Å². The van der Waals surface area contributed by atoms with Crippen LogP contribution in [0.25, 0.3) is 0 Å². The standard InChI is InChI=1S/C6H12N2O2/c7-5-6(8-9)1-3-10-4-2-6/h1-5,7H2. The van der Waals surface area contributed by atoms with Crippen LogP contribution < -0.4 is 5.73 Å². The number of nitrogens with two attached hydrogens (primary N) is 1. The number of hydrogen-bond donors (Lipinski definition) is 1. The second-order valence-electron chi connectivity index (χ2n) is 2.63. The van der Waals surface area contributed by atoms with E-state index >= 15 is 0 Å². The van der Waals surface area contributed by atoms with Gasteiger partial charge in [0.2, 0.25) is 0 Å². The van der Waals surface area contributed by atoms with Gasteiger partial charge < -0.3 is 10.5 Å². The van der Waals surface area contributed by atoms with Crippen LogP contribution in [-0.2, 0) is 4.74 Å². The van der Waals surface area contributed by atoms with Crippen LogP contribution in [0.15, 0.2) is 5.18 Å². The predicted molar refractivity (Wildman–Crippen MR) is 37.6 cm³/mol. The Balaban J connectivity index is 2.52. The number of rotatable bonds is 2. The van der Waals surface area contributed by atoms with Gasteiger partial charge >= 0.3 is 0 Å². The highest BCUT2D eigenvalue weighted by Gasteiger charge is 2.32. The normalized spacial score (nSPS) is 24.1. The maximum Gasteiger partial charge on any atom is 0.119 e. The summed E-state index contributed by atoms with van der Waals surface area (Å²) in [7, 11) is 0. The summed E-state index contributed by atoms with van der Waals surface area (Å²) in [6, 6.07) is 0. The van der Waals surface area contributed by atoms with Gasteiger partial charge in [-0.05, 0) is 0 Å². The zero-order valence-electron chi connectivity index (χ0n) is 5.88. The van der Waals surface area contributed by atoms with Crippen molar-refractivity contribution in [1.82, 2.24) is 0 Å². The van der Waals surface area contributed by atoms with Crippen molar-refractivity contribution < 1.29 is 4.74 Å². The molecule has 58 valence electrons. The first-order valence-electron chi connectivity index (χ1n) is 3.45. The molecule has 1 heterocycles. The SMILES string of the molecule is NCC1(N=O)CCOCC1. The van der Waals surface area contributed by atoms with Gasteiger partial charge in [0.1, 0.15) is 5.54 Å². The molecule has 0 atom stereocenters. The van der Waals surface area contributed by atoms with E-state index < -0.39 is 5.54 Å². The zero-order chi connectivity index (χ0) is 7.45. The Morgan fingerprint density at radius 2 is 2.10 bits per heavy atom. The van der Waals surface area contributed by atoms with Crippen molar-refractivity contribution >= 4 is 0 Å². The summed E-state index contributed by atoms with van der Waals surface area (Å²) >= 11 is 0. The van der Waals surface area contributed by atoms with Crippen LogP contribution >= 0.6 is 0 Å². The fourth-order valence-electron chi connectivity index (χ4n) is 1.08. The molecule has 0 aromatic heterocycles. The molecule has 4 nitrogen and oxygen atoms in total. The Labute approximate surface area is 59.7 Å². The lowest BCUT2D eigenvalue weighted by Crippen LogP contribution is -2.40. The number of nitrogens with zero attached hydrogens (tertiary/aromatic N) is 1. The van der Waals surface area contributed by atoms with Crippen LogP contribution in [0.4, 0.5) is 0 Å². The van der Waals surface area contributed by atoms with Gasteiger partial charge in [-0.15, -0.1) is 0 Å². The van der Waals surface area contributed by atoms with Crippen LogP contribution in [-0.4, -0.2) is 25.3 Å². The first-order chi connectivity index (χ1) is 4.83. The van der Waals surface area contributed by atoms with Crippen molar-refractivity contribution in [3.05, 3.63) is 4.91 Å². The minimum Gasteiger partial charge on any atom is -0.381 e. The molecule has 4 heteroatoms. The average molecular weight is 144 g/mol. The average Bonchev–Trinajstić information content (AvgIpc) is 2.06. The Morgan fingerprint density at radius 3 is 2.40 bits per heavy atom. The smallest absolute Gasteiger partial charge is 0.119 e. The van der Waals surface area contributed by atoms with Crippen molar-refractivity contribution in [2.75, 3.05) is 19.8 Å². The Hall–Kier alpha value is -0.480. The summed E-state index contributed by atoms with van der Waals surface area (Å²) in [5.41, 5.74) is 4.88. The van der Waals surface area contributed by atoms with Crippen LogP contribution in [0.5, 0.6) is 0 Å². The lowest BCUT2D eigenvalue weighted by molar-refractivity contribution is 0.0564. The molecule has 1 saturated heterocycles. The summed E-state index contributed by atoms with van der Waals surface area (Å²) in [5, 5.41) is 3.04. The van der Waals surface area contributed by atoms with Crippen molar-refractivity contribution in [2.45, 2.75) is 18.4 Å². The molecule has 0 radical (unpaired) electrons. The van der Waals surface area contributed by atoms with Gasteiger partial charge in [-0.2, -0.15) is 4.91 Å². The van der Waals surface area contributed by atoms with Crippen LogP contribution in [0.1, 0.15) is 12.8 Å². The lowest BCUT2D eigenvalue weighted by atomic mass is 9.92. The molecule has 0 amide bonds. The highest BCUT2D eigenvalue weighted by molar-refractivity contribution is 4.90. The van der Waals surface area contributed by atoms with E-state index in [0.717, 1.165) is 0 Å². The largest absolute Gasteiger partial charge is 0.381 e. The van der Waals surface area contributed by atoms with Gasteiger partial charge in [-0.25, -0.2) is 0 Å². The van der Waals surface area contributed by atoms with Crippen molar-refractivity contribution in [3.63, 3.8) is 0 Å². The van der Waals surface area contributed by atoms with Crippen LogP contribution in [0.2, 0.25) is 0 Å². The third-order valence-corrected chi connectivity index (χ3v) is 2.00. The van der Waals surface area contributed by atoms with Gasteiger partial charge in [-0.1, -0.05) is 5.18 Å². The Morgan fingerprint density at radius 1 is 1.50 bits per heavy atom. The molecule has 0 aliphatic carbocycles. The van der Waals surface area contributed by atoms with Gasteiger partial charge in [-0.3, -0.25) is 0 Å². The molecular weight excluding hydrogens is 132 g/mol. The van der Waals surface area contributed by atoms with Crippen molar-refractivity contribution in [1.29, 1.82) is 0 Å². The molecule has 1 aliphatic heterocycles. The second-order valence-corrected chi connectivity index (χ2v) is 2.63. The molecule has 1 rings (SSSR count). The lowest BCUT2D eigenvalue weighted by Gasteiger charge is -2.28. The number of ether oxygens (including phenoxy) is 1. The second kappa shape index (κ2) is 3.07. The molecule has 0 aromatic rings. The van der Waals surface area contributed by atoms with Crippen LogP contribution in [0, 0.1) is 4.91 Å². The maximum absolute atomic E-state index is 10.3. The molecule has 2 N–H and O–H groups in total. The molecule has 0 aromatic carbocycles. The molecule has 1 aliphatic rings. The monoisotopic (exact) mass is 144 g/mol. The molecular formula is C6H12N2O2. The predicted octanol–water partition coefficient (Wildman–Crippen LogP) is 0.261. The third-order valence-electron chi connectivity index (χ3n) is 2.00. The molecule has 0 unspecified atom stereocenters. The van der Waals surface area contributed by atoms with E-state index in [0.29, 0.717) is 32.6 Å². The minimum absolute atomic E-state index is 0.347. The summed E-state index contributed by atoms with van der Waals surface area (Å²) < 4.78 is 5.07. The number of nitroso groups, excluding NO2 is 1. The molecule has 10 heavy (non-hydrogen) atoms. The van der Waals surface area contributed by atoms with E-state index in [1.165, 1.54) is 0 Å². The third kappa shape index (κ3) is 1.33.